The van der Waals surface area contributed by atoms with E-state index in [0.717, 1.165) is 23.5 Å². The minimum atomic E-state index is 0.757. The zero-order valence-corrected chi connectivity index (χ0v) is 13.6. The Kier molecular flexibility index (Phi) is 4.95. The smallest absolute Gasteiger partial charge is 0.225 e. The first-order valence-electron chi connectivity index (χ1n) is 6.59. The van der Waals surface area contributed by atoms with Crippen molar-refractivity contribution < 1.29 is 0 Å². The number of benzene rings is 1. The third kappa shape index (κ3) is 3.70. The molecule has 0 radical (unpaired) electrons. The van der Waals surface area contributed by atoms with Crippen molar-refractivity contribution in [3.05, 3.63) is 46.7 Å². The van der Waals surface area contributed by atoms with Crippen LogP contribution in [0.2, 0.25) is 0 Å². The summed E-state index contributed by atoms with van der Waals surface area (Å²) in [6.45, 7) is 3.79. The van der Waals surface area contributed by atoms with Crippen LogP contribution in [0.4, 0.5) is 11.6 Å². The molecule has 0 aliphatic heterocycles. The van der Waals surface area contributed by atoms with Gasteiger partial charge in [0.15, 0.2) is 0 Å². The summed E-state index contributed by atoms with van der Waals surface area (Å²) in [4.78, 5) is 12.9. The van der Waals surface area contributed by atoms with E-state index in [4.69, 9.17) is 0 Å². The van der Waals surface area contributed by atoms with Gasteiger partial charge in [0, 0.05) is 45.3 Å². The summed E-state index contributed by atoms with van der Waals surface area (Å²) < 4.78 is 0.896. The minimum Gasteiger partial charge on any atom is -0.378 e. The third-order valence-electron chi connectivity index (χ3n) is 3.10. The molecular formula is C15H19BrN4. The van der Waals surface area contributed by atoms with Gasteiger partial charge in [-0.05, 0) is 40.5 Å². The number of anilines is 2. The maximum Gasteiger partial charge on any atom is 0.225 e. The molecule has 0 N–H and O–H groups in total. The summed E-state index contributed by atoms with van der Waals surface area (Å²) in [5.41, 5.74) is 2.46. The quantitative estimate of drug-likeness (QED) is 0.839. The Hall–Kier alpha value is -1.62. The number of hydrogen-bond acceptors (Lipinski definition) is 4. The van der Waals surface area contributed by atoms with E-state index in [-0.39, 0.29) is 0 Å². The van der Waals surface area contributed by atoms with Crippen LogP contribution in [0.1, 0.15) is 12.5 Å². The van der Waals surface area contributed by atoms with Crippen molar-refractivity contribution in [2.75, 3.05) is 30.4 Å². The lowest BCUT2D eigenvalue weighted by Crippen LogP contribution is -2.24. The Morgan fingerprint density at radius 2 is 1.65 bits per heavy atom. The van der Waals surface area contributed by atoms with Gasteiger partial charge in [-0.15, -0.1) is 0 Å². The number of nitrogens with zero attached hydrogens (tertiary/aromatic N) is 4. The molecule has 2 aromatic rings. The number of aromatic nitrogens is 2. The molecule has 20 heavy (non-hydrogen) atoms. The van der Waals surface area contributed by atoms with Gasteiger partial charge in [0.1, 0.15) is 0 Å². The molecule has 2 rings (SSSR count). The lowest BCUT2D eigenvalue weighted by atomic mass is 10.2. The molecule has 0 amide bonds. The Morgan fingerprint density at radius 1 is 1.05 bits per heavy atom. The van der Waals surface area contributed by atoms with Crippen LogP contribution < -0.4 is 9.80 Å². The van der Waals surface area contributed by atoms with E-state index in [1.165, 1.54) is 11.3 Å². The normalized spacial score (nSPS) is 10.4. The molecule has 0 unspecified atom stereocenters. The summed E-state index contributed by atoms with van der Waals surface area (Å²) in [6, 6.07) is 8.56. The molecule has 1 aromatic carbocycles. The Labute approximate surface area is 128 Å². The van der Waals surface area contributed by atoms with Gasteiger partial charge in [-0.25, -0.2) is 9.97 Å². The molecule has 0 fully saturated rings. The lowest BCUT2D eigenvalue weighted by molar-refractivity contribution is 0.790. The number of rotatable bonds is 5. The fourth-order valence-corrected chi connectivity index (χ4v) is 2.12. The van der Waals surface area contributed by atoms with Crippen LogP contribution >= 0.6 is 15.9 Å². The van der Waals surface area contributed by atoms with Crippen LogP contribution in [0, 0.1) is 0 Å². The van der Waals surface area contributed by atoms with E-state index < -0.39 is 0 Å². The van der Waals surface area contributed by atoms with Gasteiger partial charge in [-0.1, -0.05) is 12.1 Å². The first-order valence-corrected chi connectivity index (χ1v) is 7.38. The SMILES string of the molecule is CCN(Cc1ccc(N(C)C)cc1)c1ncc(Br)cn1. The first kappa shape index (κ1) is 14.8. The lowest BCUT2D eigenvalue weighted by Gasteiger charge is -2.21. The highest BCUT2D eigenvalue weighted by atomic mass is 79.9. The second-order valence-electron chi connectivity index (χ2n) is 4.78. The second-order valence-corrected chi connectivity index (χ2v) is 5.69. The van der Waals surface area contributed by atoms with Crippen molar-refractivity contribution in [3.8, 4) is 0 Å². The Bertz CT molecular complexity index is 537. The summed E-state index contributed by atoms with van der Waals surface area (Å²) in [5.74, 6) is 0.757. The van der Waals surface area contributed by atoms with Crippen molar-refractivity contribution in [1.29, 1.82) is 0 Å². The van der Waals surface area contributed by atoms with Crippen LogP contribution in [0.15, 0.2) is 41.1 Å². The van der Waals surface area contributed by atoms with Crippen molar-refractivity contribution in [3.63, 3.8) is 0 Å². The summed E-state index contributed by atoms with van der Waals surface area (Å²) >= 11 is 3.36. The van der Waals surface area contributed by atoms with Crippen molar-refractivity contribution in [2.24, 2.45) is 0 Å². The molecule has 1 aromatic heterocycles. The highest BCUT2D eigenvalue weighted by Gasteiger charge is 2.08. The molecule has 0 aliphatic carbocycles. The highest BCUT2D eigenvalue weighted by molar-refractivity contribution is 9.10. The van der Waals surface area contributed by atoms with E-state index in [0.29, 0.717) is 0 Å². The first-order chi connectivity index (χ1) is 9.60. The fraction of sp³-hybridized carbons (Fsp3) is 0.333. The molecule has 0 spiro atoms. The Morgan fingerprint density at radius 3 is 2.15 bits per heavy atom. The third-order valence-corrected chi connectivity index (χ3v) is 3.51. The average Bonchev–Trinajstić information content (AvgIpc) is 2.46. The van der Waals surface area contributed by atoms with Gasteiger partial charge in [-0.3, -0.25) is 0 Å². The van der Waals surface area contributed by atoms with Gasteiger partial charge in [-0.2, -0.15) is 0 Å². The van der Waals surface area contributed by atoms with E-state index >= 15 is 0 Å². The molecule has 0 aliphatic rings. The van der Waals surface area contributed by atoms with Crippen molar-refractivity contribution >= 4 is 27.6 Å². The van der Waals surface area contributed by atoms with Gasteiger partial charge >= 0.3 is 0 Å². The zero-order chi connectivity index (χ0) is 14.5. The van der Waals surface area contributed by atoms with E-state index in [1.807, 2.05) is 14.1 Å². The molecular weight excluding hydrogens is 316 g/mol. The van der Waals surface area contributed by atoms with Crippen molar-refractivity contribution in [2.45, 2.75) is 13.5 Å². The highest BCUT2D eigenvalue weighted by Crippen LogP contribution is 2.17. The van der Waals surface area contributed by atoms with Gasteiger partial charge in [0.05, 0.1) is 4.47 Å². The van der Waals surface area contributed by atoms with Crippen LogP contribution in [0.3, 0.4) is 0 Å². The topological polar surface area (TPSA) is 32.3 Å². The zero-order valence-electron chi connectivity index (χ0n) is 12.0. The number of halogens is 1. The van der Waals surface area contributed by atoms with Gasteiger partial charge in [0.2, 0.25) is 5.95 Å². The molecule has 0 atom stereocenters. The molecule has 0 bridgehead atoms. The summed E-state index contributed by atoms with van der Waals surface area (Å²) in [6.07, 6.45) is 3.56. The number of hydrogen-bond donors (Lipinski definition) is 0. The Balaban J connectivity index is 2.11. The summed E-state index contributed by atoms with van der Waals surface area (Å²) in [7, 11) is 4.09. The maximum atomic E-state index is 4.35. The van der Waals surface area contributed by atoms with E-state index in [1.54, 1.807) is 12.4 Å². The second kappa shape index (κ2) is 6.70. The molecule has 106 valence electrons. The predicted octanol–water partition coefficient (Wildman–Crippen LogP) is 3.33. The maximum absolute atomic E-state index is 4.35. The van der Waals surface area contributed by atoms with Gasteiger partial charge in [0.25, 0.3) is 0 Å². The molecule has 0 saturated carbocycles. The minimum absolute atomic E-state index is 0.757. The predicted molar refractivity (Wildman–Crippen MR) is 87.2 cm³/mol. The summed E-state index contributed by atoms with van der Waals surface area (Å²) in [5, 5.41) is 0. The van der Waals surface area contributed by atoms with E-state index in [2.05, 4.69) is 66.9 Å². The molecule has 1 heterocycles. The van der Waals surface area contributed by atoms with Crippen LogP contribution in [0.5, 0.6) is 0 Å². The molecule has 0 saturated heterocycles. The molecule has 4 nitrogen and oxygen atoms in total. The average molecular weight is 335 g/mol. The molecule has 5 heteroatoms. The van der Waals surface area contributed by atoms with E-state index in [9.17, 15) is 0 Å². The van der Waals surface area contributed by atoms with Crippen LogP contribution in [-0.2, 0) is 6.54 Å². The standard InChI is InChI=1S/C15H19BrN4/c1-4-20(15-17-9-13(16)10-18-15)11-12-5-7-14(8-6-12)19(2)3/h5-10H,4,11H2,1-3H3. The monoisotopic (exact) mass is 334 g/mol. The van der Waals surface area contributed by atoms with Gasteiger partial charge < -0.3 is 9.80 Å². The fourth-order valence-electron chi connectivity index (χ4n) is 1.91. The largest absolute Gasteiger partial charge is 0.378 e. The van der Waals surface area contributed by atoms with Crippen molar-refractivity contribution in [1.82, 2.24) is 9.97 Å². The van der Waals surface area contributed by atoms with Crippen LogP contribution in [-0.4, -0.2) is 30.6 Å². The van der Waals surface area contributed by atoms with Crippen LogP contribution in [0.25, 0.3) is 0 Å².